The van der Waals surface area contributed by atoms with E-state index in [1.54, 1.807) is 13.1 Å². The van der Waals surface area contributed by atoms with Crippen LogP contribution in [0, 0.1) is 11.8 Å². The van der Waals surface area contributed by atoms with Crippen LogP contribution in [0.5, 0.6) is 0 Å². The lowest BCUT2D eigenvalue weighted by molar-refractivity contribution is -0.110. The first-order valence-electron chi connectivity index (χ1n) is 6.82. The number of aryl methyl sites for hydroxylation is 1. The van der Waals surface area contributed by atoms with Crippen molar-refractivity contribution in [2.24, 2.45) is 24.6 Å². The molecule has 0 bridgehead atoms. The predicted octanol–water partition coefficient (Wildman–Crippen LogP) is 1.63. The SMILES string of the molecule is CC1CCC(C(C=O)c2cc(C(N)=O)n(C)n2)CC1. The largest absolute Gasteiger partial charge is 0.364 e. The molecule has 0 saturated heterocycles. The first-order chi connectivity index (χ1) is 9.02. The van der Waals surface area contributed by atoms with Crippen molar-refractivity contribution in [1.29, 1.82) is 0 Å². The monoisotopic (exact) mass is 263 g/mol. The molecule has 1 heterocycles. The van der Waals surface area contributed by atoms with E-state index in [4.69, 9.17) is 5.73 Å². The van der Waals surface area contributed by atoms with Crippen molar-refractivity contribution in [1.82, 2.24) is 9.78 Å². The smallest absolute Gasteiger partial charge is 0.266 e. The van der Waals surface area contributed by atoms with Gasteiger partial charge in [-0.2, -0.15) is 5.10 Å². The van der Waals surface area contributed by atoms with Crippen LogP contribution in [0.3, 0.4) is 0 Å². The van der Waals surface area contributed by atoms with E-state index in [0.29, 0.717) is 17.3 Å². The van der Waals surface area contributed by atoms with Crippen molar-refractivity contribution >= 4 is 12.2 Å². The Balaban J connectivity index is 2.20. The van der Waals surface area contributed by atoms with Crippen LogP contribution in [-0.4, -0.2) is 22.0 Å². The summed E-state index contributed by atoms with van der Waals surface area (Å²) < 4.78 is 1.46. The van der Waals surface area contributed by atoms with Gasteiger partial charge in [-0.1, -0.05) is 19.8 Å². The Labute approximate surface area is 113 Å². The third-order valence-corrected chi connectivity index (χ3v) is 4.21. The highest BCUT2D eigenvalue weighted by Crippen LogP contribution is 2.36. The lowest BCUT2D eigenvalue weighted by Gasteiger charge is -2.29. The van der Waals surface area contributed by atoms with Crippen LogP contribution in [-0.2, 0) is 11.8 Å². The van der Waals surface area contributed by atoms with Gasteiger partial charge in [0.2, 0.25) is 0 Å². The van der Waals surface area contributed by atoms with Crippen molar-refractivity contribution in [2.75, 3.05) is 0 Å². The van der Waals surface area contributed by atoms with Gasteiger partial charge >= 0.3 is 0 Å². The van der Waals surface area contributed by atoms with E-state index in [-0.39, 0.29) is 5.92 Å². The van der Waals surface area contributed by atoms with E-state index in [1.807, 2.05) is 0 Å². The van der Waals surface area contributed by atoms with Crippen LogP contribution in [0.4, 0.5) is 0 Å². The number of nitrogens with zero attached hydrogens (tertiary/aromatic N) is 2. The summed E-state index contributed by atoms with van der Waals surface area (Å²) in [7, 11) is 1.68. The number of carbonyl (C=O) groups is 2. The Kier molecular flexibility index (Phi) is 4.02. The minimum absolute atomic E-state index is 0.216. The molecule has 0 radical (unpaired) electrons. The Morgan fingerprint density at radius 3 is 2.58 bits per heavy atom. The molecule has 5 heteroatoms. The summed E-state index contributed by atoms with van der Waals surface area (Å²) in [4.78, 5) is 22.6. The molecule has 1 atom stereocenters. The molecule has 1 aliphatic carbocycles. The molecule has 2 N–H and O–H groups in total. The summed E-state index contributed by atoms with van der Waals surface area (Å²) in [6, 6.07) is 1.65. The van der Waals surface area contributed by atoms with E-state index in [2.05, 4.69) is 12.0 Å². The summed E-state index contributed by atoms with van der Waals surface area (Å²) >= 11 is 0. The molecule has 5 nitrogen and oxygen atoms in total. The van der Waals surface area contributed by atoms with Crippen LogP contribution < -0.4 is 5.73 Å². The molecule has 1 amide bonds. The van der Waals surface area contributed by atoms with E-state index < -0.39 is 5.91 Å². The van der Waals surface area contributed by atoms with Crippen LogP contribution in [0.2, 0.25) is 0 Å². The maximum atomic E-state index is 11.4. The highest BCUT2D eigenvalue weighted by molar-refractivity contribution is 5.91. The fourth-order valence-electron chi connectivity index (χ4n) is 2.95. The molecule has 1 aromatic rings. The standard InChI is InChI=1S/C14H21N3O2/c1-9-3-5-10(6-4-9)11(8-18)12-7-13(14(15)19)17(2)16-12/h7-11H,3-6H2,1-2H3,(H2,15,19). The lowest BCUT2D eigenvalue weighted by Crippen LogP contribution is -2.21. The predicted molar refractivity (Wildman–Crippen MR) is 71.7 cm³/mol. The third kappa shape index (κ3) is 2.85. The summed E-state index contributed by atoms with van der Waals surface area (Å²) in [6.07, 6.45) is 5.38. The van der Waals surface area contributed by atoms with Crippen LogP contribution in [0.15, 0.2) is 6.07 Å². The Hall–Kier alpha value is -1.65. The molecule has 104 valence electrons. The minimum atomic E-state index is -0.511. The number of hydrogen-bond acceptors (Lipinski definition) is 3. The van der Waals surface area contributed by atoms with Gasteiger partial charge in [0.15, 0.2) is 0 Å². The van der Waals surface area contributed by atoms with Gasteiger partial charge in [0.05, 0.1) is 11.6 Å². The molecular formula is C14H21N3O2. The summed E-state index contributed by atoms with van der Waals surface area (Å²) in [5.41, 5.74) is 6.30. The van der Waals surface area contributed by atoms with Gasteiger partial charge in [-0.15, -0.1) is 0 Å². The van der Waals surface area contributed by atoms with E-state index in [9.17, 15) is 9.59 Å². The molecule has 1 saturated carbocycles. The van der Waals surface area contributed by atoms with Gasteiger partial charge in [-0.25, -0.2) is 0 Å². The Morgan fingerprint density at radius 2 is 2.11 bits per heavy atom. The number of nitrogens with two attached hydrogens (primary N) is 1. The second-order valence-corrected chi connectivity index (χ2v) is 5.62. The van der Waals surface area contributed by atoms with Gasteiger partial charge in [-0.05, 0) is 30.7 Å². The van der Waals surface area contributed by atoms with Crippen LogP contribution in [0.1, 0.15) is 54.7 Å². The van der Waals surface area contributed by atoms with Gasteiger partial charge in [0.25, 0.3) is 5.91 Å². The van der Waals surface area contributed by atoms with E-state index >= 15 is 0 Å². The third-order valence-electron chi connectivity index (χ3n) is 4.21. The quantitative estimate of drug-likeness (QED) is 0.838. The molecule has 19 heavy (non-hydrogen) atoms. The first kappa shape index (κ1) is 13.8. The second-order valence-electron chi connectivity index (χ2n) is 5.62. The molecule has 1 aliphatic rings. The fraction of sp³-hybridized carbons (Fsp3) is 0.643. The zero-order valence-corrected chi connectivity index (χ0v) is 11.5. The highest BCUT2D eigenvalue weighted by Gasteiger charge is 2.29. The maximum Gasteiger partial charge on any atom is 0.266 e. The highest BCUT2D eigenvalue weighted by atomic mass is 16.1. The molecule has 2 rings (SSSR count). The molecule has 1 fully saturated rings. The van der Waals surface area contributed by atoms with E-state index in [1.165, 1.54) is 4.68 Å². The molecule has 1 unspecified atom stereocenters. The van der Waals surface area contributed by atoms with Crippen molar-refractivity contribution in [2.45, 2.75) is 38.5 Å². The fourth-order valence-corrected chi connectivity index (χ4v) is 2.95. The zero-order chi connectivity index (χ0) is 14.0. The van der Waals surface area contributed by atoms with E-state index in [0.717, 1.165) is 37.9 Å². The van der Waals surface area contributed by atoms with Crippen molar-refractivity contribution in [3.05, 3.63) is 17.5 Å². The number of hydrogen-bond donors (Lipinski definition) is 1. The number of amides is 1. The van der Waals surface area contributed by atoms with Gasteiger partial charge in [-0.3, -0.25) is 9.48 Å². The van der Waals surface area contributed by atoms with Gasteiger partial charge in [0, 0.05) is 7.05 Å². The molecule has 0 aliphatic heterocycles. The number of aldehydes is 1. The summed E-state index contributed by atoms with van der Waals surface area (Å²) in [5, 5.41) is 4.28. The summed E-state index contributed by atoms with van der Waals surface area (Å²) in [6.45, 7) is 2.25. The number of carbonyl (C=O) groups excluding carboxylic acids is 2. The Morgan fingerprint density at radius 1 is 1.47 bits per heavy atom. The topological polar surface area (TPSA) is 78.0 Å². The summed E-state index contributed by atoms with van der Waals surface area (Å²) in [5.74, 6) is 0.354. The molecule has 1 aromatic heterocycles. The van der Waals surface area contributed by atoms with Crippen molar-refractivity contribution in [3.8, 4) is 0 Å². The average molecular weight is 263 g/mol. The number of rotatable bonds is 4. The van der Waals surface area contributed by atoms with Gasteiger partial charge < -0.3 is 10.5 Å². The zero-order valence-electron chi connectivity index (χ0n) is 11.5. The number of aromatic nitrogens is 2. The number of primary amides is 1. The Bertz CT molecular complexity index is 473. The van der Waals surface area contributed by atoms with Gasteiger partial charge in [0.1, 0.15) is 12.0 Å². The van der Waals surface area contributed by atoms with Crippen LogP contribution in [0.25, 0.3) is 0 Å². The lowest BCUT2D eigenvalue weighted by atomic mass is 9.76. The van der Waals surface area contributed by atoms with Crippen molar-refractivity contribution in [3.63, 3.8) is 0 Å². The average Bonchev–Trinajstić information content (AvgIpc) is 2.75. The first-order valence-corrected chi connectivity index (χ1v) is 6.82. The second kappa shape index (κ2) is 5.55. The van der Waals surface area contributed by atoms with Crippen molar-refractivity contribution < 1.29 is 9.59 Å². The molecule has 0 spiro atoms. The minimum Gasteiger partial charge on any atom is -0.364 e. The van der Waals surface area contributed by atoms with Crippen LogP contribution >= 0.6 is 0 Å². The molecule has 0 aromatic carbocycles. The maximum absolute atomic E-state index is 11.4. The molecular weight excluding hydrogens is 242 g/mol. The normalized spacial score (nSPS) is 24.9.